The van der Waals surface area contributed by atoms with E-state index in [0.717, 1.165) is 17.9 Å². The van der Waals surface area contributed by atoms with Gasteiger partial charge in [-0.25, -0.2) is 31.0 Å². The van der Waals surface area contributed by atoms with Crippen LogP contribution < -0.4 is 20.7 Å². The molecular weight excluding hydrogens is 648 g/mol. The van der Waals surface area contributed by atoms with E-state index in [4.69, 9.17) is 5.73 Å². The average Bonchev–Trinajstić information content (AvgIpc) is 3.03. The van der Waals surface area contributed by atoms with E-state index in [1.807, 2.05) is 30.3 Å². The first-order chi connectivity index (χ1) is 22.3. The van der Waals surface area contributed by atoms with Crippen molar-refractivity contribution in [1.29, 1.82) is 0 Å². The fourth-order valence-corrected chi connectivity index (χ4v) is 7.09. The van der Waals surface area contributed by atoms with Gasteiger partial charge in [0, 0.05) is 48.9 Å². The SMILES string of the molecule is CS(=O)(=O)Nc1ccc(S(=O)(=O)c2ccc(CN3CCC(N(C(=O)Nc4ccc(F)c(C(N)=O)c4)c4ccccc4)CC3)cn2)cc1. The number of likely N-dealkylation sites (tertiary alicyclic amines) is 1. The summed E-state index contributed by atoms with van der Waals surface area (Å²) in [4.78, 5) is 33.2. The Morgan fingerprint density at radius 1 is 0.936 bits per heavy atom. The van der Waals surface area contributed by atoms with Crippen molar-refractivity contribution in [3.8, 4) is 0 Å². The van der Waals surface area contributed by atoms with E-state index in [0.29, 0.717) is 38.2 Å². The van der Waals surface area contributed by atoms with Gasteiger partial charge in [-0.2, -0.15) is 0 Å². The number of sulfone groups is 1. The molecule has 12 nitrogen and oxygen atoms in total. The minimum Gasteiger partial charge on any atom is -0.366 e. The zero-order valence-corrected chi connectivity index (χ0v) is 27.0. The maximum absolute atomic E-state index is 14.0. The smallest absolute Gasteiger partial charge is 0.326 e. The topological polar surface area (TPSA) is 172 Å². The van der Waals surface area contributed by atoms with Gasteiger partial charge >= 0.3 is 6.03 Å². The lowest BCUT2D eigenvalue weighted by atomic mass is 10.0. The van der Waals surface area contributed by atoms with Crippen molar-refractivity contribution in [2.45, 2.75) is 35.3 Å². The number of piperidine rings is 1. The molecular formula is C32H33FN6O6S2. The molecule has 1 aliphatic rings. The predicted octanol–water partition coefficient (Wildman–Crippen LogP) is 4.23. The molecule has 3 amide bonds. The molecule has 0 atom stereocenters. The minimum absolute atomic E-state index is 0.0152. The number of nitrogens with zero attached hydrogens (tertiary/aromatic N) is 3. The van der Waals surface area contributed by atoms with E-state index in [1.54, 1.807) is 11.0 Å². The molecule has 0 saturated carbocycles. The summed E-state index contributed by atoms with van der Waals surface area (Å²) >= 11 is 0. The second kappa shape index (κ2) is 13.9. The van der Waals surface area contributed by atoms with Crippen LogP contribution in [-0.4, -0.2) is 64.0 Å². The molecule has 1 aliphatic heterocycles. The summed E-state index contributed by atoms with van der Waals surface area (Å²) in [5, 5.41) is 2.64. The number of amides is 3. The van der Waals surface area contributed by atoms with Gasteiger partial charge in [0.25, 0.3) is 5.91 Å². The number of nitrogens with two attached hydrogens (primary N) is 1. The lowest BCUT2D eigenvalue weighted by Crippen LogP contribution is -2.49. The van der Waals surface area contributed by atoms with E-state index < -0.39 is 37.6 Å². The number of aromatic nitrogens is 1. The van der Waals surface area contributed by atoms with Crippen molar-refractivity contribution in [3.63, 3.8) is 0 Å². The second-order valence-corrected chi connectivity index (χ2v) is 14.8. The van der Waals surface area contributed by atoms with Gasteiger partial charge in [0.15, 0.2) is 5.03 Å². The van der Waals surface area contributed by atoms with Crippen LogP contribution >= 0.6 is 0 Å². The molecule has 1 aromatic heterocycles. The summed E-state index contributed by atoms with van der Waals surface area (Å²) in [7, 11) is -7.41. The van der Waals surface area contributed by atoms with Gasteiger partial charge < -0.3 is 11.1 Å². The Balaban J connectivity index is 1.23. The van der Waals surface area contributed by atoms with Gasteiger partial charge in [-0.15, -0.1) is 0 Å². The zero-order chi connectivity index (χ0) is 33.8. The summed E-state index contributed by atoms with van der Waals surface area (Å²) in [5.74, 6) is -1.71. The lowest BCUT2D eigenvalue weighted by molar-refractivity contribution is 0.0996. The number of rotatable bonds is 10. The summed E-state index contributed by atoms with van der Waals surface area (Å²) in [6, 6.07) is 20.8. The quantitative estimate of drug-likeness (QED) is 0.223. The highest BCUT2D eigenvalue weighted by Gasteiger charge is 2.30. The first-order valence-electron chi connectivity index (χ1n) is 14.5. The third-order valence-corrected chi connectivity index (χ3v) is 9.90. The summed E-state index contributed by atoms with van der Waals surface area (Å²) < 4.78 is 65.3. The fourth-order valence-electron chi connectivity index (χ4n) is 5.35. The lowest BCUT2D eigenvalue weighted by Gasteiger charge is -2.38. The molecule has 4 aromatic rings. The summed E-state index contributed by atoms with van der Waals surface area (Å²) in [6.45, 7) is 1.82. The van der Waals surface area contributed by atoms with Gasteiger partial charge in [0.2, 0.25) is 19.9 Å². The molecule has 47 heavy (non-hydrogen) atoms. The van der Waals surface area contributed by atoms with Crippen molar-refractivity contribution in [2.75, 3.05) is 34.3 Å². The van der Waals surface area contributed by atoms with Crippen molar-refractivity contribution in [3.05, 3.63) is 108 Å². The number of benzene rings is 3. The largest absolute Gasteiger partial charge is 0.366 e. The number of primary amides is 1. The fraction of sp³-hybridized carbons (Fsp3) is 0.219. The highest BCUT2D eigenvalue weighted by Crippen LogP contribution is 2.27. The number of para-hydroxylation sites is 1. The van der Waals surface area contributed by atoms with Crippen LogP contribution in [0.1, 0.15) is 28.8 Å². The Kier molecular flexibility index (Phi) is 9.88. The van der Waals surface area contributed by atoms with E-state index in [1.165, 1.54) is 48.7 Å². The molecule has 246 valence electrons. The Morgan fingerprint density at radius 2 is 1.60 bits per heavy atom. The molecule has 5 rings (SSSR count). The van der Waals surface area contributed by atoms with Crippen molar-refractivity contribution in [1.82, 2.24) is 9.88 Å². The number of sulfonamides is 1. The number of nitrogens with one attached hydrogen (secondary N) is 2. The normalized spacial score (nSPS) is 14.3. The Labute approximate surface area is 272 Å². The maximum Gasteiger partial charge on any atom is 0.326 e. The standard InChI is InChI=1S/C32H33FN6O6S2/c1-46(42,43)37-23-8-11-27(12-9-23)47(44,45)30-14-7-22(20-35-30)21-38-17-15-26(16-18-38)39(25-5-3-2-4-6-25)32(41)36-24-10-13-29(33)28(19-24)31(34)40/h2-14,19-20,26,37H,15-18,21H2,1H3,(H2,34,40)(H,36,41). The Morgan fingerprint density at radius 3 is 2.19 bits per heavy atom. The van der Waals surface area contributed by atoms with Gasteiger partial charge in [-0.3, -0.25) is 19.3 Å². The Hall–Kier alpha value is -4.86. The number of urea groups is 1. The second-order valence-electron chi connectivity index (χ2n) is 11.1. The molecule has 0 radical (unpaired) electrons. The molecule has 3 aromatic carbocycles. The molecule has 0 aliphatic carbocycles. The number of carbonyl (C=O) groups is 2. The third-order valence-electron chi connectivity index (χ3n) is 7.61. The van der Waals surface area contributed by atoms with Crippen LogP contribution in [-0.2, 0) is 26.4 Å². The monoisotopic (exact) mass is 680 g/mol. The molecule has 0 unspecified atom stereocenters. The van der Waals surface area contributed by atoms with Crippen LogP contribution in [0.15, 0.2) is 101 Å². The number of carbonyl (C=O) groups excluding carboxylic acids is 2. The average molecular weight is 681 g/mol. The third kappa shape index (κ3) is 8.30. The minimum atomic E-state index is -3.92. The molecule has 1 saturated heterocycles. The van der Waals surface area contributed by atoms with Crippen LogP contribution in [0.5, 0.6) is 0 Å². The maximum atomic E-state index is 14.0. The highest BCUT2D eigenvalue weighted by atomic mass is 32.2. The summed E-state index contributed by atoms with van der Waals surface area (Å²) in [6.07, 6.45) is 3.81. The molecule has 4 N–H and O–H groups in total. The number of hydrogen-bond donors (Lipinski definition) is 3. The van der Waals surface area contributed by atoms with E-state index >= 15 is 0 Å². The van der Waals surface area contributed by atoms with Crippen LogP contribution in [0.3, 0.4) is 0 Å². The van der Waals surface area contributed by atoms with Gasteiger partial charge in [-0.1, -0.05) is 24.3 Å². The summed E-state index contributed by atoms with van der Waals surface area (Å²) in [5.41, 5.74) is 6.93. The van der Waals surface area contributed by atoms with Crippen molar-refractivity contribution >= 4 is 48.9 Å². The van der Waals surface area contributed by atoms with Crippen molar-refractivity contribution in [2.24, 2.45) is 5.73 Å². The van der Waals surface area contributed by atoms with Gasteiger partial charge in [0.05, 0.1) is 16.7 Å². The first kappa shape index (κ1) is 33.5. The molecule has 2 heterocycles. The first-order valence-corrected chi connectivity index (χ1v) is 17.9. The van der Waals surface area contributed by atoms with Gasteiger partial charge in [0.1, 0.15) is 5.82 Å². The van der Waals surface area contributed by atoms with Crippen LogP contribution in [0, 0.1) is 5.82 Å². The van der Waals surface area contributed by atoms with Crippen LogP contribution in [0.25, 0.3) is 0 Å². The molecule has 1 fully saturated rings. The Bertz CT molecular complexity index is 1970. The molecule has 0 bridgehead atoms. The number of hydrogen-bond acceptors (Lipinski definition) is 8. The molecule has 15 heteroatoms. The zero-order valence-electron chi connectivity index (χ0n) is 25.3. The van der Waals surface area contributed by atoms with Crippen LogP contribution in [0.4, 0.5) is 26.2 Å². The number of pyridine rings is 1. The number of halogens is 1. The van der Waals surface area contributed by atoms with E-state index in [2.05, 4.69) is 19.9 Å². The number of anilines is 3. The predicted molar refractivity (Wildman–Crippen MR) is 176 cm³/mol. The van der Waals surface area contributed by atoms with Gasteiger partial charge in [-0.05, 0) is 79.1 Å². The van der Waals surface area contributed by atoms with Crippen molar-refractivity contribution < 1.29 is 30.8 Å². The van der Waals surface area contributed by atoms with E-state index in [-0.39, 0.29) is 32.9 Å². The highest BCUT2D eigenvalue weighted by molar-refractivity contribution is 7.92. The molecule has 0 spiro atoms. The van der Waals surface area contributed by atoms with E-state index in [9.17, 15) is 30.8 Å². The van der Waals surface area contributed by atoms with Crippen LogP contribution in [0.2, 0.25) is 0 Å².